The van der Waals surface area contributed by atoms with Crippen LogP contribution < -0.4 is 9.62 Å². The Bertz CT molecular complexity index is 976. The summed E-state index contributed by atoms with van der Waals surface area (Å²) >= 11 is 0. The highest BCUT2D eigenvalue weighted by Crippen LogP contribution is 2.25. The van der Waals surface area contributed by atoms with Crippen LogP contribution in [0.2, 0.25) is 0 Å². The van der Waals surface area contributed by atoms with Crippen LogP contribution in [0.15, 0.2) is 42.5 Å². The molecule has 1 fully saturated rings. The van der Waals surface area contributed by atoms with Crippen molar-refractivity contribution in [3.8, 4) is 0 Å². The molecule has 10 heteroatoms. The van der Waals surface area contributed by atoms with Gasteiger partial charge in [-0.05, 0) is 42.8 Å². The number of carbonyl (C=O) groups is 1. The minimum Gasteiger partial charge on any atom is -0.322 e. The number of carbonyl (C=O) groups excluding carboxylic acids is 1. The zero-order valence-corrected chi connectivity index (χ0v) is 14.2. The Labute approximate surface area is 148 Å². The number of nitro groups is 1. The van der Waals surface area contributed by atoms with E-state index in [0.717, 1.165) is 12.1 Å². The van der Waals surface area contributed by atoms with Crippen molar-refractivity contribution in [2.75, 3.05) is 21.9 Å². The largest absolute Gasteiger partial charge is 0.322 e. The number of amides is 1. The Morgan fingerprint density at radius 3 is 2.46 bits per heavy atom. The van der Waals surface area contributed by atoms with E-state index >= 15 is 0 Å². The fraction of sp³-hybridized carbons (Fsp3) is 0.188. The van der Waals surface area contributed by atoms with E-state index < -0.39 is 32.4 Å². The molecule has 0 bridgehead atoms. The van der Waals surface area contributed by atoms with Crippen molar-refractivity contribution in [1.82, 2.24) is 0 Å². The Morgan fingerprint density at radius 1 is 1.19 bits per heavy atom. The fourth-order valence-electron chi connectivity index (χ4n) is 2.64. The summed E-state index contributed by atoms with van der Waals surface area (Å²) in [5.41, 5.74) is 0.0421. The number of anilines is 2. The third kappa shape index (κ3) is 3.49. The lowest BCUT2D eigenvalue weighted by Crippen LogP contribution is -2.25. The van der Waals surface area contributed by atoms with Gasteiger partial charge in [-0.25, -0.2) is 8.42 Å². The second-order valence-electron chi connectivity index (χ2n) is 5.67. The minimum atomic E-state index is -3.31. The van der Waals surface area contributed by atoms with Gasteiger partial charge in [0.2, 0.25) is 15.8 Å². The summed E-state index contributed by atoms with van der Waals surface area (Å²) in [6, 6.07) is 8.99. The Balaban J connectivity index is 1.77. The van der Waals surface area contributed by atoms with Crippen LogP contribution in [-0.2, 0) is 10.0 Å². The van der Waals surface area contributed by atoms with Crippen molar-refractivity contribution in [2.24, 2.45) is 0 Å². The molecule has 0 aliphatic carbocycles. The smallest absolute Gasteiger partial charge is 0.306 e. The summed E-state index contributed by atoms with van der Waals surface area (Å²) < 4.78 is 38.4. The molecule has 0 unspecified atom stereocenters. The Hall–Kier alpha value is -3.01. The average Bonchev–Trinajstić information content (AvgIpc) is 2.95. The predicted octanol–water partition coefficient (Wildman–Crippen LogP) is 2.53. The average molecular weight is 379 g/mol. The van der Waals surface area contributed by atoms with Crippen LogP contribution in [0.3, 0.4) is 0 Å². The van der Waals surface area contributed by atoms with Crippen LogP contribution in [0.25, 0.3) is 0 Å². The monoisotopic (exact) mass is 379 g/mol. The minimum absolute atomic E-state index is 0.0781. The summed E-state index contributed by atoms with van der Waals surface area (Å²) in [5.74, 6) is -1.45. The molecular formula is C16H14FN3O5S. The number of benzene rings is 2. The highest BCUT2D eigenvalue weighted by molar-refractivity contribution is 7.93. The van der Waals surface area contributed by atoms with Crippen LogP contribution in [0.5, 0.6) is 0 Å². The molecule has 0 spiro atoms. The number of rotatable bonds is 4. The second-order valence-corrected chi connectivity index (χ2v) is 7.68. The molecule has 3 rings (SSSR count). The number of nitro benzene ring substituents is 1. The number of sulfonamides is 1. The molecule has 1 aliphatic heterocycles. The fourth-order valence-corrected chi connectivity index (χ4v) is 4.21. The summed E-state index contributed by atoms with van der Waals surface area (Å²) in [6.07, 6.45) is 0.550. The van der Waals surface area contributed by atoms with Gasteiger partial charge in [0.1, 0.15) is 0 Å². The Morgan fingerprint density at radius 2 is 1.88 bits per heavy atom. The van der Waals surface area contributed by atoms with Crippen molar-refractivity contribution >= 4 is 33.0 Å². The van der Waals surface area contributed by atoms with Gasteiger partial charge in [0.25, 0.3) is 5.91 Å². The molecule has 0 aromatic heterocycles. The lowest BCUT2D eigenvalue weighted by molar-refractivity contribution is -0.387. The topological polar surface area (TPSA) is 110 Å². The van der Waals surface area contributed by atoms with Gasteiger partial charge in [-0.3, -0.25) is 19.2 Å². The van der Waals surface area contributed by atoms with E-state index in [2.05, 4.69) is 5.32 Å². The molecule has 136 valence electrons. The van der Waals surface area contributed by atoms with Crippen molar-refractivity contribution in [3.05, 3.63) is 64.0 Å². The van der Waals surface area contributed by atoms with Crippen LogP contribution in [0, 0.1) is 15.9 Å². The normalized spacial score (nSPS) is 15.7. The van der Waals surface area contributed by atoms with Gasteiger partial charge in [-0.2, -0.15) is 4.39 Å². The highest BCUT2D eigenvalue weighted by Gasteiger charge is 2.28. The predicted molar refractivity (Wildman–Crippen MR) is 93.2 cm³/mol. The Kier molecular flexibility index (Phi) is 4.60. The van der Waals surface area contributed by atoms with Crippen LogP contribution in [-0.4, -0.2) is 31.5 Å². The molecule has 2 aromatic carbocycles. The van der Waals surface area contributed by atoms with E-state index in [1.807, 2.05) is 0 Å². The van der Waals surface area contributed by atoms with Gasteiger partial charge in [-0.15, -0.1) is 0 Å². The zero-order valence-electron chi connectivity index (χ0n) is 13.4. The molecule has 1 saturated heterocycles. The van der Waals surface area contributed by atoms with Crippen molar-refractivity contribution in [2.45, 2.75) is 6.42 Å². The first-order valence-corrected chi connectivity index (χ1v) is 9.24. The van der Waals surface area contributed by atoms with Gasteiger partial charge < -0.3 is 5.32 Å². The van der Waals surface area contributed by atoms with E-state index in [1.165, 1.54) is 34.6 Å². The lowest BCUT2D eigenvalue weighted by atomic mass is 10.2. The molecule has 0 radical (unpaired) electrons. The number of hydrogen-bond donors (Lipinski definition) is 1. The van der Waals surface area contributed by atoms with Gasteiger partial charge in [0.05, 0.1) is 16.4 Å². The van der Waals surface area contributed by atoms with Crippen LogP contribution in [0.4, 0.5) is 21.5 Å². The molecule has 8 nitrogen and oxygen atoms in total. The molecule has 0 atom stereocenters. The first kappa shape index (κ1) is 17.8. The number of nitrogens with zero attached hydrogens (tertiary/aromatic N) is 2. The van der Waals surface area contributed by atoms with E-state index in [0.29, 0.717) is 18.7 Å². The first-order valence-electron chi connectivity index (χ1n) is 7.64. The first-order chi connectivity index (χ1) is 12.3. The summed E-state index contributed by atoms with van der Waals surface area (Å²) in [4.78, 5) is 22.1. The maximum atomic E-state index is 13.3. The van der Waals surface area contributed by atoms with E-state index in [1.54, 1.807) is 0 Å². The van der Waals surface area contributed by atoms with Crippen LogP contribution in [0.1, 0.15) is 16.8 Å². The van der Waals surface area contributed by atoms with Crippen molar-refractivity contribution in [1.29, 1.82) is 0 Å². The molecule has 0 saturated carbocycles. The second kappa shape index (κ2) is 6.71. The SMILES string of the molecule is O=C(Nc1ccc(F)c([N+](=O)[O-])c1)c1ccc(N2CCCS2(=O)=O)cc1. The van der Waals surface area contributed by atoms with Gasteiger partial charge in [-0.1, -0.05) is 0 Å². The standard InChI is InChI=1S/C16H14FN3O5S/c17-14-7-4-12(10-15(14)20(22)23)18-16(21)11-2-5-13(6-3-11)19-8-1-9-26(19,24)25/h2-7,10H,1,8-9H2,(H,18,21). The van der Waals surface area contributed by atoms with Crippen LogP contribution >= 0.6 is 0 Å². The third-order valence-corrected chi connectivity index (χ3v) is 5.79. The zero-order chi connectivity index (χ0) is 18.9. The van der Waals surface area contributed by atoms with Gasteiger partial charge in [0.15, 0.2) is 0 Å². The molecule has 1 heterocycles. The number of halogens is 1. The maximum Gasteiger partial charge on any atom is 0.306 e. The summed E-state index contributed by atoms with van der Waals surface area (Å²) in [5, 5.41) is 13.2. The van der Waals surface area contributed by atoms with Gasteiger partial charge in [0, 0.05) is 23.9 Å². The lowest BCUT2D eigenvalue weighted by Gasteiger charge is -2.17. The van der Waals surface area contributed by atoms with E-state index in [-0.39, 0.29) is 17.0 Å². The molecule has 1 amide bonds. The van der Waals surface area contributed by atoms with E-state index in [9.17, 15) is 27.7 Å². The quantitative estimate of drug-likeness (QED) is 0.648. The molecule has 26 heavy (non-hydrogen) atoms. The maximum absolute atomic E-state index is 13.3. The number of nitrogens with one attached hydrogen (secondary N) is 1. The van der Waals surface area contributed by atoms with E-state index in [4.69, 9.17) is 0 Å². The van der Waals surface area contributed by atoms with Crippen molar-refractivity contribution < 1.29 is 22.5 Å². The van der Waals surface area contributed by atoms with Gasteiger partial charge >= 0.3 is 5.69 Å². The third-order valence-electron chi connectivity index (χ3n) is 3.92. The van der Waals surface area contributed by atoms with Crippen molar-refractivity contribution in [3.63, 3.8) is 0 Å². The molecule has 1 N–H and O–H groups in total. The molecular weight excluding hydrogens is 365 g/mol. The summed E-state index contributed by atoms with van der Waals surface area (Å²) in [7, 11) is -3.31. The molecule has 2 aromatic rings. The summed E-state index contributed by atoms with van der Waals surface area (Å²) in [6.45, 7) is 0.396. The molecule has 1 aliphatic rings. The number of hydrogen-bond acceptors (Lipinski definition) is 5. The highest BCUT2D eigenvalue weighted by atomic mass is 32.2.